The quantitative estimate of drug-likeness (QED) is 0.893. The van der Waals surface area contributed by atoms with Gasteiger partial charge in [0.15, 0.2) is 11.5 Å². The summed E-state index contributed by atoms with van der Waals surface area (Å²) in [6, 6.07) is 13.2. The summed E-state index contributed by atoms with van der Waals surface area (Å²) in [7, 11) is 0. The van der Waals surface area contributed by atoms with E-state index in [0.29, 0.717) is 30.3 Å². The number of hydrogen-bond donors (Lipinski definition) is 1. The summed E-state index contributed by atoms with van der Waals surface area (Å²) in [4.78, 5) is 15.2. The number of likely N-dealkylation sites (tertiary alicyclic amines) is 1. The highest BCUT2D eigenvalue weighted by Gasteiger charge is 2.34. The number of carbonyl (C=O) groups is 1. The molecule has 2 aromatic rings. The molecule has 142 valence electrons. The maximum atomic E-state index is 13.2. The maximum Gasteiger partial charge on any atom is 0.254 e. The van der Waals surface area contributed by atoms with Crippen LogP contribution in [0.5, 0.6) is 17.2 Å². The number of aryl methyl sites for hydroxylation is 1. The van der Waals surface area contributed by atoms with Gasteiger partial charge in [0, 0.05) is 17.6 Å². The van der Waals surface area contributed by atoms with Crippen molar-refractivity contribution < 1.29 is 19.4 Å². The lowest BCUT2D eigenvalue weighted by Crippen LogP contribution is -2.40. The summed E-state index contributed by atoms with van der Waals surface area (Å²) in [5.41, 5.74) is 1.83. The lowest BCUT2D eigenvalue weighted by Gasteiger charge is -2.29. The Labute approximate surface area is 159 Å². The third-order valence-electron chi connectivity index (χ3n) is 5.51. The fourth-order valence-corrected chi connectivity index (χ4v) is 4.04. The van der Waals surface area contributed by atoms with E-state index >= 15 is 0 Å². The topological polar surface area (TPSA) is 59.0 Å². The Morgan fingerprint density at radius 2 is 1.81 bits per heavy atom. The Hall–Kier alpha value is -2.69. The molecule has 27 heavy (non-hydrogen) atoms. The molecule has 0 unspecified atom stereocenters. The lowest BCUT2D eigenvalue weighted by atomic mass is 10.0. The van der Waals surface area contributed by atoms with Crippen molar-refractivity contribution in [2.45, 2.75) is 44.7 Å². The van der Waals surface area contributed by atoms with Crippen molar-refractivity contribution in [2.75, 3.05) is 13.2 Å². The molecule has 5 heteroatoms. The summed E-state index contributed by atoms with van der Waals surface area (Å²) in [6.07, 6.45) is 3.86. The predicted molar refractivity (Wildman–Crippen MR) is 103 cm³/mol. The number of ether oxygens (including phenoxy) is 2. The molecule has 2 aromatic carbocycles. The van der Waals surface area contributed by atoms with Gasteiger partial charge in [-0.1, -0.05) is 12.1 Å². The molecule has 2 heterocycles. The molecule has 1 amide bonds. The van der Waals surface area contributed by atoms with E-state index < -0.39 is 0 Å². The Kier molecular flexibility index (Phi) is 4.92. The Morgan fingerprint density at radius 3 is 2.59 bits per heavy atom. The van der Waals surface area contributed by atoms with E-state index in [2.05, 4.69) is 6.92 Å². The second-order valence-electron chi connectivity index (χ2n) is 7.36. The van der Waals surface area contributed by atoms with Crippen LogP contribution in [0.3, 0.4) is 0 Å². The smallest absolute Gasteiger partial charge is 0.254 e. The van der Waals surface area contributed by atoms with Crippen molar-refractivity contribution in [3.8, 4) is 17.2 Å². The zero-order valence-corrected chi connectivity index (χ0v) is 15.6. The molecule has 1 N–H and O–H groups in total. The van der Waals surface area contributed by atoms with Crippen LogP contribution in [0.15, 0.2) is 42.5 Å². The van der Waals surface area contributed by atoms with E-state index in [9.17, 15) is 9.90 Å². The van der Waals surface area contributed by atoms with E-state index in [1.165, 1.54) is 5.56 Å². The molecule has 5 nitrogen and oxygen atoms in total. The van der Waals surface area contributed by atoms with Gasteiger partial charge in [0.1, 0.15) is 19.0 Å². The number of benzene rings is 2. The highest BCUT2D eigenvalue weighted by atomic mass is 16.6. The number of fused-ring (bicyclic) bond motifs is 1. The van der Waals surface area contributed by atoms with E-state index in [1.807, 2.05) is 29.2 Å². The minimum atomic E-state index is 0.0627. The van der Waals surface area contributed by atoms with Crippen LogP contribution >= 0.6 is 0 Å². The lowest BCUT2D eigenvalue weighted by molar-refractivity contribution is 0.0671. The fraction of sp³-hybridized carbons (Fsp3) is 0.409. The Balaban J connectivity index is 1.48. The minimum absolute atomic E-state index is 0.0627. The van der Waals surface area contributed by atoms with Crippen LogP contribution in [-0.4, -0.2) is 41.2 Å². The van der Waals surface area contributed by atoms with Gasteiger partial charge in [-0.2, -0.15) is 0 Å². The molecule has 1 fully saturated rings. The summed E-state index contributed by atoms with van der Waals surface area (Å²) < 4.78 is 11.2. The van der Waals surface area contributed by atoms with Gasteiger partial charge < -0.3 is 19.5 Å². The Morgan fingerprint density at radius 1 is 1.07 bits per heavy atom. The zero-order valence-electron chi connectivity index (χ0n) is 15.6. The summed E-state index contributed by atoms with van der Waals surface area (Å²) >= 11 is 0. The van der Waals surface area contributed by atoms with Crippen LogP contribution in [0.25, 0.3) is 0 Å². The van der Waals surface area contributed by atoms with Gasteiger partial charge in [0.2, 0.25) is 0 Å². The summed E-state index contributed by atoms with van der Waals surface area (Å²) in [5.74, 6) is 1.70. The maximum absolute atomic E-state index is 13.2. The molecule has 4 rings (SSSR count). The number of carbonyl (C=O) groups excluding carboxylic acids is 1. The van der Waals surface area contributed by atoms with Crippen LogP contribution in [0.2, 0.25) is 0 Å². The number of rotatable bonds is 4. The first-order chi connectivity index (χ1) is 13.1. The standard InChI is InChI=1S/C22H25NO4/c1-15-2-7-18(8-3-16-4-9-19(24)10-5-16)23(15)22(25)17-6-11-20-21(14-17)27-13-12-26-20/h4-6,9-11,14-15,18,24H,2-3,7-8,12-13H2,1H3/t15-,18-/m1/s1. The third-order valence-corrected chi connectivity index (χ3v) is 5.51. The zero-order chi connectivity index (χ0) is 18.8. The van der Waals surface area contributed by atoms with Gasteiger partial charge in [0.25, 0.3) is 5.91 Å². The number of nitrogens with zero attached hydrogens (tertiary/aromatic N) is 1. The molecule has 2 atom stereocenters. The molecule has 2 aliphatic heterocycles. The molecule has 0 bridgehead atoms. The molecule has 0 spiro atoms. The molecule has 0 aliphatic carbocycles. The van der Waals surface area contributed by atoms with Gasteiger partial charge in [-0.05, 0) is 68.5 Å². The molecule has 1 saturated heterocycles. The second kappa shape index (κ2) is 7.51. The molecular weight excluding hydrogens is 342 g/mol. The van der Waals surface area contributed by atoms with Crippen molar-refractivity contribution in [1.82, 2.24) is 4.90 Å². The molecule has 2 aliphatic rings. The normalized spacial score (nSPS) is 21.3. The average Bonchev–Trinajstić information content (AvgIpc) is 3.07. The number of phenols is 1. The molecule has 0 saturated carbocycles. The van der Waals surface area contributed by atoms with Crippen LogP contribution < -0.4 is 9.47 Å². The first kappa shape index (κ1) is 17.7. The SMILES string of the molecule is C[C@@H]1CC[C@H](CCc2ccc(O)cc2)N1C(=O)c1ccc2c(c1)OCCO2. The van der Waals surface area contributed by atoms with Crippen molar-refractivity contribution in [1.29, 1.82) is 0 Å². The van der Waals surface area contributed by atoms with Crippen LogP contribution in [-0.2, 0) is 6.42 Å². The average molecular weight is 367 g/mol. The first-order valence-corrected chi connectivity index (χ1v) is 9.62. The van der Waals surface area contributed by atoms with Gasteiger partial charge in [0.05, 0.1) is 0 Å². The second-order valence-corrected chi connectivity index (χ2v) is 7.36. The highest BCUT2D eigenvalue weighted by Crippen LogP contribution is 2.34. The number of phenolic OH excluding ortho intramolecular Hbond substituents is 1. The number of amides is 1. The van der Waals surface area contributed by atoms with Gasteiger partial charge in [-0.15, -0.1) is 0 Å². The van der Waals surface area contributed by atoms with Crippen molar-refractivity contribution in [3.63, 3.8) is 0 Å². The van der Waals surface area contributed by atoms with Gasteiger partial charge in [-0.3, -0.25) is 4.79 Å². The minimum Gasteiger partial charge on any atom is -0.508 e. The monoisotopic (exact) mass is 367 g/mol. The largest absolute Gasteiger partial charge is 0.508 e. The van der Waals surface area contributed by atoms with Crippen LogP contribution in [0.4, 0.5) is 0 Å². The number of hydrogen-bond acceptors (Lipinski definition) is 4. The van der Waals surface area contributed by atoms with Crippen molar-refractivity contribution >= 4 is 5.91 Å². The Bertz CT molecular complexity index is 818. The van der Waals surface area contributed by atoms with E-state index in [0.717, 1.165) is 25.7 Å². The van der Waals surface area contributed by atoms with E-state index in [4.69, 9.17) is 9.47 Å². The summed E-state index contributed by atoms with van der Waals surface area (Å²) in [5, 5.41) is 9.42. The van der Waals surface area contributed by atoms with Crippen LogP contribution in [0.1, 0.15) is 42.1 Å². The predicted octanol–water partition coefficient (Wildman–Crippen LogP) is 3.79. The third kappa shape index (κ3) is 3.72. The van der Waals surface area contributed by atoms with E-state index in [-0.39, 0.29) is 23.7 Å². The van der Waals surface area contributed by atoms with Crippen molar-refractivity contribution in [2.24, 2.45) is 0 Å². The molecule has 0 aromatic heterocycles. The highest BCUT2D eigenvalue weighted by molar-refractivity contribution is 5.95. The first-order valence-electron chi connectivity index (χ1n) is 9.62. The van der Waals surface area contributed by atoms with E-state index in [1.54, 1.807) is 18.2 Å². The van der Waals surface area contributed by atoms with Crippen molar-refractivity contribution in [3.05, 3.63) is 53.6 Å². The van der Waals surface area contributed by atoms with Crippen LogP contribution in [0, 0.1) is 0 Å². The molecular formula is C22H25NO4. The van der Waals surface area contributed by atoms with Gasteiger partial charge in [-0.25, -0.2) is 0 Å². The van der Waals surface area contributed by atoms with Gasteiger partial charge >= 0.3 is 0 Å². The fourth-order valence-electron chi connectivity index (χ4n) is 4.04. The molecule has 0 radical (unpaired) electrons. The summed E-state index contributed by atoms with van der Waals surface area (Å²) in [6.45, 7) is 3.18. The number of aromatic hydroxyl groups is 1.